The highest BCUT2D eigenvalue weighted by molar-refractivity contribution is 5.80. The molecule has 0 aromatic heterocycles. The molecule has 3 amide bonds. The minimum Gasteiger partial charge on any atom is -0.493 e. The number of fused-ring (bicyclic) bond motifs is 1. The fraction of sp³-hybridized carbons (Fsp3) is 0.529. The lowest BCUT2D eigenvalue weighted by atomic mass is 9.86. The summed E-state index contributed by atoms with van der Waals surface area (Å²) in [4.78, 5) is 25.6. The van der Waals surface area contributed by atoms with Crippen molar-refractivity contribution in [1.29, 1.82) is 0 Å². The predicted octanol–water partition coefficient (Wildman–Crippen LogP) is 1.04. The molecule has 122 valence electrons. The SMILES string of the molecule is O=C1CC2(CCN(C(=O)NCc3ccc4c(c3)CCO4)C2)CN1. The van der Waals surface area contributed by atoms with Gasteiger partial charge in [-0.25, -0.2) is 4.79 Å². The zero-order chi connectivity index (χ0) is 15.9. The number of hydrogen-bond acceptors (Lipinski definition) is 3. The molecule has 1 spiro atoms. The Labute approximate surface area is 135 Å². The first kappa shape index (κ1) is 14.4. The van der Waals surface area contributed by atoms with Gasteiger partial charge in [-0.15, -0.1) is 0 Å². The normalized spacial score (nSPS) is 25.4. The molecule has 2 N–H and O–H groups in total. The second kappa shape index (κ2) is 5.44. The number of urea groups is 1. The van der Waals surface area contributed by atoms with Crippen molar-refractivity contribution in [3.05, 3.63) is 29.3 Å². The van der Waals surface area contributed by atoms with Crippen LogP contribution in [0.15, 0.2) is 18.2 Å². The van der Waals surface area contributed by atoms with Crippen LogP contribution >= 0.6 is 0 Å². The topological polar surface area (TPSA) is 70.7 Å². The van der Waals surface area contributed by atoms with Gasteiger partial charge >= 0.3 is 6.03 Å². The highest BCUT2D eigenvalue weighted by Crippen LogP contribution is 2.36. The molecule has 2 saturated heterocycles. The van der Waals surface area contributed by atoms with Crippen molar-refractivity contribution in [3.63, 3.8) is 0 Å². The van der Waals surface area contributed by atoms with E-state index in [1.807, 2.05) is 17.0 Å². The van der Waals surface area contributed by atoms with E-state index in [-0.39, 0.29) is 17.4 Å². The molecular formula is C17H21N3O3. The predicted molar refractivity (Wildman–Crippen MR) is 84.1 cm³/mol. The Hall–Kier alpha value is -2.24. The summed E-state index contributed by atoms with van der Waals surface area (Å²) in [5, 5.41) is 5.87. The van der Waals surface area contributed by atoms with Gasteiger partial charge in [0, 0.05) is 44.4 Å². The molecule has 3 aliphatic rings. The summed E-state index contributed by atoms with van der Waals surface area (Å²) < 4.78 is 5.49. The highest BCUT2D eigenvalue weighted by Gasteiger charge is 2.45. The Morgan fingerprint density at radius 1 is 1.43 bits per heavy atom. The van der Waals surface area contributed by atoms with Crippen LogP contribution in [0.4, 0.5) is 4.79 Å². The maximum Gasteiger partial charge on any atom is 0.317 e. The highest BCUT2D eigenvalue weighted by atomic mass is 16.5. The van der Waals surface area contributed by atoms with E-state index in [4.69, 9.17) is 4.74 Å². The zero-order valence-electron chi connectivity index (χ0n) is 13.1. The van der Waals surface area contributed by atoms with Gasteiger partial charge in [-0.2, -0.15) is 0 Å². The molecule has 1 unspecified atom stereocenters. The van der Waals surface area contributed by atoms with E-state index in [0.717, 1.165) is 37.3 Å². The number of hydrogen-bond donors (Lipinski definition) is 2. The van der Waals surface area contributed by atoms with Crippen molar-refractivity contribution in [3.8, 4) is 5.75 Å². The average Bonchev–Trinajstić information content (AvgIpc) is 3.25. The maximum absolute atomic E-state index is 12.4. The number of amides is 3. The van der Waals surface area contributed by atoms with Crippen molar-refractivity contribution in [2.75, 3.05) is 26.2 Å². The first-order valence-electron chi connectivity index (χ1n) is 8.18. The number of likely N-dealkylation sites (tertiary alicyclic amines) is 1. The van der Waals surface area contributed by atoms with Gasteiger partial charge < -0.3 is 20.3 Å². The van der Waals surface area contributed by atoms with Gasteiger partial charge in [0.2, 0.25) is 5.91 Å². The number of benzene rings is 1. The fourth-order valence-electron chi connectivity index (χ4n) is 3.79. The summed E-state index contributed by atoms with van der Waals surface area (Å²) in [6, 6.07) is 6.03. The molecule has 1 atom stereocenters. The Balaban J connectivity index is 1.33. The quantitative estimate of drug-likeness (QED) is 0.857. The van der Waals surface area contributed by atoms with E-state index in [1.165, 1.54) is 5.56 Å². The van der Waals surface area contributed by atoms with E-state index in [2.05, 4.69) is 16.7 Å². The van der Waals surface area contributed by atoms with Crippen molar-refractivity contribution in [1.82, 2.24) is 15.5 Å². The maximum atomic E-state index is 12.4. The Kier molecular flexibility index (Phi) is 3.39. The molecule has 0 bridgehead atoms. The van der Waals surface area contributed by atoms with Crippen LogP contribution in [-0.2, 0) is 17.8 Å². The van der Waals surface area contributed by atoms with Crippen LogP contribution in [0, 0.1) is 5.41 Å². The first-order valence-corrected chi connectivity index (χ1v) is 8.18. The van der Waals surface area contributed by atoms with E-state index in [1.54, 1.807) is 0 Å². The van der Waals surface area contributed by atoms with Gasteiger partial charge in [0.1, 0.15) is 5.75 Å². The van der Waals surface area contributed by atoms with Gasteiger partial charge in [0.15, 0.2) is 0 Å². The standard InChI is InChI=1S/C17H21N3O3/c21-15-8-17(10-19-15)4-5-20(11-17)16(22)18-9-12-1-2-14-13(7-12)3-6-23-14/h1-2,7H,3-6,8-11H2,(H,18,22)(H,19,21). The Morgan fingerprint density at radius 2 is 2.35 bits per heavy atom. The number of carbonyl (C=O) groups excluding carboxylic acids is 2. The molecule has 23 heavy (non-hydrogen) atoms. The molecule has 3 aliphatic heterocycles. The number of nitrogens with zero attached hydrogens (tertiary/aromatic N) is 1. The smallest absolute Gasteiger partial charge is 0.317 e. The third-order valence-corrected chi connectivity index (χ3v) is 5.12. The van der Waals surface area contributed by atoms with E-state index < -0.39 is 0 Å². The molecule has 6 heteroatoms. The second-order valence-electron chi connectivity index (χ2n) is 6.82. The second-order valence-corrected chi connectivity index (χ2v) is 6.82. The molecule has 6 nitrogen and oxygen atoms in total. The van der Waals surface area contributed by atoms with Crippen LogP contribution in [0.5, 0.6) is 5.75 Å². The monoisotopic (exact) mass is 315 g/mol. The lowest BCUT2D eigenvalue weighted by Gasteiger charge is -2.22. The fourth-order valence-corrected chi connectivity index (χ4v) is 3.79. The molecule has 1 aromatic rings. The van der Waals surface area contributed by atoms with Gasteiger partial charge in [-0.3, -0.25) is 4.79 Å². The van der Waals surface area contributed by atoms with Crippen LogP contribution in [0.3, 0.4) is 0 Å². The van der Waals surface area contributed by atoms with E-state index in [9.17, 15) is 9.59 Å². The minimum absolute atomic E-state index is 0.0423. The summed E-state index contributed by atoms with van der Waals surface area (Å²) in [5.74, 6) is 1.06. The first-order chi connectivity index (χ1) is 11.1. The summed E-state index contributed by atoms with van der Waals surface area (Å²) in [7, 11) is 0. The van der Waals surface area contributed by atoms with Gasteiger partial charge in [0.05, 0.1) is 6.61 Å². The molecule has 0 radical (unpaired) electrons. The zero-order valence-corrected chi connectivity index (χ0v) is 13.1. The summed E-state index contributed by atoms with van der Waals surface area (Å²) in [6.07, 6.45) is 2.38. The third-order valence-electron chi connectivity index (χ3n) is 5.12. The third kappa shape index (κ3) is 2.73. The van der Waals surface area contributed by atoms with Crippen LogP contribution in [0.2, 0.25) is 0 Å². The van der Waals surface area contributed by atoms with Crippen LogP contribution in [0.1, 0.15) is 24.0 Å². The lowest BCUT2D eigenvalue weighted by molar-refractivity contribution is -0.119. The number of nitrogens with one attached hydrogen (secondary N) is 2. The Morgan fingerprint density at radius 3 is 3.17 bits per heavy atom. The average molecular weight is 315 g/mol. The van der Waals surface area contributed by atoms with E-state index >= 15 is 0 Å². The van der Waals surface area contributed by atoms with Crippen molar-refractivity contribution < 1.29 is 14.3 Å². The Bertz CT molecular complexity index is 660. The summed E-state index contributed by atoms with van der Waals surface area (Å²) in [6.45, 7) is 3.34. The van der Waals surface area contributed by atoms with Gasteiger partial charge in [0.25, 0.3) is 0 Å². The minimum atomic E-state index is -0.0435. The summed E-state index contributed by atoms with van der Waals surface area (Å²) >= 11 is 0. The molecular weight excluding hydrogens is 294 g/mol. The summed E-state index contributed by atoms with van der Waals surface area (Å²) in [5.41, 5.74) is 2.26. The number of carbonyl (C=O) groups is 2. The van der Waals surface area contributed by atoms with Crippen LogP contribution in [-0.4, -0.2) is 43.1 Å². The molecule has 0 aliphatic carbocycles. The van der Waals surface area contributed by atoms with Gasteiger partial charge in [-0.1, -0.05) is 12.1 Å². The largest absolute Gasteiger partial charge is 0.493 e. The van der Waals surface area contributed by atoms with Crippen molar-refractivity contribution in [2.24, 2.45) is 5.41 Å². The lowest BCUT2D eigenvalue weighted by Crippen LogP contribution is -2.40. The molecule has 0 saturated carbocycles. The molecule has 3 heterocycles. The number of rotatable bonds is 2. The van der Waals surface area contributed by atoms with E-state index in [0.29, 0.717) is 26.1 Å². The molecule has 2 fully saturated rings. The van der Waals surface area contributed by atoms with Crippen molar-refractivity contribution in [2.45, 2.75) is 25.8 Å². The van der Waals surface area contributed by atoms with Crippen LogP contribution in [0.25, 0.3) is 0 Å². The molecule has 1 aromatic carbocycles. The number of ether oxygens (including phenoxy) is 1. The molecule has 4 rings (SSSR count). The van der Waals surface area contributed by atoms with Crippen LogP contribution < -0.4 is 15.4 Å². The van der Waals surface area contributed by atoms with Gasteiger partial charge in [-0.05, 0) is 23.6 Å². The van der Waals surface area contributed by atoms with Crippen molar-refractivity contribution >= 4 is 11.9 Å².